The fourth-order valence-electron chi connectivity index (χ4n) is 5.00. The van der Waals surface area contributed by atoms with Crippen LogP contribution >= 0.6 is 0 Å². The summed E-state index contributed by atoms with van der Waals surface area (Å²) in [4.78, 5) is 8.42. The Morgan fingerprint density at radius 1 is 1.22 bits per heavy atom. The number of halogens is 2. The molecule has 2 aliphatic rings. The normalized spacial score (nSPS) is 28.7. The molecule has 0 amide bonds. The van der Waals surface area contributed by atoms with Crippen molar-refractivity contribution in [3.8, 4) is 17.1 Å². The van der Waals surface area contributed by atoms with Crippen molar-refractivity contribution in [3.63, 3.8) is 0 Å². The van der Waals surface area contributed by atoms with Gasteiger partial charge in [-0.15, -0.1) is 10.2 Å². The fraction of sp³-hybridized carbons (Fsp3) is 0.391. The fourth-order valence-corrected chi connectivity index (χ4v) is 5.00. The molecule has 2 bridgehead atoms. The van der Waals surface area contributed by atoms with Crippen LogP contribution in [-0.2, 0) is 4.74 Å². The number of aromatic nitrogens is 4. The van der Waals surface area contributed by atoms with Crippen molar-refractivity contribution in [2.45, 2.75) is 43.4 Å². The van der Waals surface area contributed by atoms with Crippen molar-refractivity contribution in [2.75, 3.05) is 7.11 Å². The van der Waals surface area contributed by atoms with Crippen LogP contribution in [0.15, 0.2) is 43.4 Å². The second-order valence-corrected chi connectivity index (χ2v) is 8.79. The lowest BCUT2D eigenvalue weighted by atomic mass is 9.77. The molecule has 0 saturated carbocycles. The Morgan fingerprint density at radius 3 is 2.75 bits per heavy atom. The van der Waals surface area contributed by atoms with E-state index in [0.29, 0.717) is 16.8 Å². The number of piperidine rings is 1. The first-order valence-corrected chi connectivity index (χ1v) is 10.4. The summed E-state index contributed by atoms with van der Waals surface area (Å²) >= 11 is 0. The molecule has 1 aromatic carbocycles. The first-order chi connectivity index (χ1) is 15.2. The minimum atomic E-state index is -2.83. The number of benzene rings is 1. The number of phenols is 1. The number of hydrogen-bond donors (Lipinski definition) is 2. The van der Waals surface area contributed by atoms with Gasteiger partial charge in [-0.25, -0.2) is 13.8 Å². The molecular weight excluding hydrogens is 416 g/mol. The lowest BCUT2D eigenvalue weighted by Gasteiger charge is -2.42. The molecule has 0 aliphatic carbocycles. The highest BCUT2D eigenvalue weighted by atomic mass is 19.3. The second-order valence-electron chi connectivity index (χ2n) is 8.79. The van der Waals surface area contributed by atoms with E-state index in [1.165, 1.54) is 13.3 Å². The Balaban J connectivity index is 1.44. The summed E-state index contributed by atoms with van der Waals surface area (Å²) in [6.07, 6.45) is 4.27. The zero-order chi connectivity index (χ0) is 22.7. The SMILES string of the molecule is C=C(c1cnc(-c2cc3ccncc3cc2O)nn1)[C@H]1C[C@@]2(C)N[C@H](CC2(F)F)[C@@H]1OC. The number of nitrogens with one attached hydrogen (secondary N) is 1. The van der Waals surface area contributed by atoms with Gasteiger partial charge in [0, 0.05) is 43.3 Å². The first kappa shape index (κ1) is 20.8. The highest BCUT2D eigenvalue weighted by molar-refractivity contribution is 5.88. The van der Waals surface area contributed by atoms with Gasteiger partial charge in [0.15, 0.2) is 5.82 Å². The molecule has 3 aromatic rings. The van der Waals surface area contributed by atoms with Gasteiger partial charge in [-0.3, -0.25) is 4.98 Å². The van der Waals surface area contributed by atoms with Crippen LogP contribution in [0.4, 0.5) is 8.78 Å². The van der Waals surface area contributed by atoms with Crippen molar-refractivity contribution >= 4 is 16.3 Å². The van der Waals surface area contributed by atoms with E-state index < -0.39 is 23.6 Å². The molecule has 2 aromatic heterocycles. The zero-order valence-corrected chi connectivity index (χ0v) is 17.7. The number of fused-ring (bicyclic) bond motifs is 3. The largest absolute Gasteiger partial charge is 0.507 e. The van der Waals surface area contributed by atoms with Crippen molar-refractivity contribution in [2.24, 2.45) is 5.92 Å². The molecule has 0 spiro atoms. The van der Waals surface area contributed by atoms with Gasteiger partial charge in [0.1, 0.15) is 11.4 Å². The Kier molecular flexibility index (Phi) is 4.72. The molecule has 166 valence electrons. The standard InChI is InChI=1S/C23H23F2N5O2/c1-12(16-8-22(2)23(24,25)9-17(28-22)20(16)32-3)18-11-27-21(30-29-18)15-6-13-4-5-26-10-14(13)7-19(15)31/h4-7,10-11,16-17,20,28,31H,1,8-9H2,2-3H3/t16-,17-,20-,22-/m1/s1. The molecule has 5 rings (SSSR count). The maximum absolute atomic E-state index is 14.6. The summed E-state index contributed by atoms with van der Waals surface area (Å²) in [6, 6.07) is 4.73. The maximum Gasteiger partial charge on any atom is 0.267 e. The van der Waals surface area contributed by atoms with Gasteiger partial charge < -0.3 is 15.2 Å². The van der Waals surface area contributed by atoms with E-state index in [9.17, 15) is 13.9 Å². The van der Waals surface area contributed by atoms with Gasteiger partial charge >= 0.3 is 0 Å². The van der Waals surface area contributed by atoms with Crippen molar-refractivity contribution in [1.82, 2.24) is 25.5 Å². The van der Waals surface area contributed by atoms with E-state index in [1.807, 2.05) is 6.07 Å². The van der Waals surface area contributed by atoms with Gasteiger partial charge in [0.25, 0.3) is 5.92 Å². The Bertz CT molecular complexity index is 1200. The summed E-state index contributed by atoms with van der Waals surface area (Å²) in [6.45, 7) is 5.68. The number of phenolic OH excluding ortho intramolecular Hbond substituents is 1. The summed E-state index contributed by atoms with van der Waals surface area (Å²) < 4.78 is 34.8. The van der Waals surface area contributed by atoms with Crippen LogP contribution in [0.1, 0.15) is 25.5 Å². The van der Waals surface area contributed by atoms with Crippen molar-refractivity contribution in [3.05, 3.63) is 49.1 Å². The first-order valence-electron chi connectivity index (χ1n) is 10.4. The molecular formula is C23H23F2N5O2. The van der Waals surface area contributed by atoms with E-state index in [-0.39, 0.29) is 30.3 Å². The predicted molar refractivity (Wildman–Crippen MR) is 115 cm³/mol. The smallest absolute Gasteiger partial charge is 0.267 e. The molecule has 9 heteroatoms. The number of rotatable bonds is 4. The van der Waals surface area contributed by atoms with Gasteiger partial charge in [-0.2, -0.15) is 0 Å². The maximum atomic E-state index is 14.6. The Hall–Kier alpha value is -3.04. The van der Waals surface area contributed by atoms with Crippen LogP contribution in [0.25, 0.3) is 27.7 Å². The van der Waals surface area contributed by atoms with Crippen molar-refractivity contribution < 1.29 is 18.6 Å². The number of ether oxygens (including phenoxy) is 1. The highest BCUT2D eigenvalue weighted by Crippen LogP contribution is 2.51. The predicted octanol–water partition coefficient (Wildman–Crippen LogP) is 3.60. The molecule has 0 unspecified atom stereocenters. The molecule has 32 heavy (non-hydrogen) atoms. The van der Waals surface area contributed by atoms with Gasteiger partial charge in [0.2, 0.25) is 0 Å². The summed E-state index contributed by atoms with van der Waals surface area (Å²) in [5, 5.41) is 23.6. The Labute approximate surface area is 183 Å². The molecule has 2 fully saturated rings. The third-order valence-corrected chi connectivity index (χ3v) is 6.82. The van der Waals surface area contributed by atoms with E-state index in [2.05, 4.69) is 32.1 Å². The van der Waals surface area contributed by atoms with Gasteiger partial charge in [0.05, 0.1) is 23.4 Å². The quantitative estimate of drug-likeness (QED) is 0.642. The lowest BCUT2D eigenvalue weighted by molar-refractivity contribution is -0.0630. The van der Waals surface area contributed by atoms with Crippen LogP contribution < -0.4 is 5.32 Å². The molecule has 4 heterocycles. The van der Waals surface area contributed by atoms with Crippen LogP contribution in [0.2, 0.25) is 0 Å². The molecule has 7 nitrogen and oxygen atoms in total. The lowest BCUT2D eigenvalue weighted by Crippen LogP contribution is -2.59. The minimum absolute atomic E-state index is 0.0170. The number of hydrogen-bond acceptors (Lipinski definition) is 7. The van der Waals surface area contributed by atoms with Gasteiger partial charge in [-0.1, -0.05) is 6.58 Å². The average molecular weight is 439 g/mol. The third-order valence-electron chi connectivity index (χ3n) is 6.82. The number of nitrogens with zero attached hydrogens (tertiary/aromatic N) is 4. The van der Waals surface area contributed by atoms with Crippen LogP contribution in [-0.4, -0.2) is 56.0 Å². The number of alkyl halides is 2. The Morgan fingerprint density at radius 2 is 2.03 bits per heavy atom. The monoisotopic (exact) mass is 439 g/mol. The molecule has 4 atom stereocenters. The van der Waals surface area contributed by atoms with Crippen LogP contribution in [0, 0.1) is 5.92 Å². The number of aromatic hydroxyl groups is 1. The van der Waals surface area contributed by atoms with Crippen LogP contribution in [0.3, 0.4) is 0 Å². The van der Waals surface area contributed by atoms with E-state index in [1.54, 1.807) is 31.5 Å². The summed E-state index contributed by atoms with van der Waals surface area (Å²) in [5.41, 5.74) is 0.0913. The zero-order valence-electron chi connectivity index (χ0n) is 17.7. The molecule has 2 saturated heterocycles. The van der Waals surface area contributed by atoms with E-state index in [4.69, 9.17) is 4.74 Å². The third kappa shape index (κ3) is 3.15. The molecule has 2 aliphatic heterocycles. The van der Waals surface area contributed by atoms with Gasteiger partial charge in [-0.05, 0) is 42.5 Å². The van der Waals surface area contributed by atoms with Crippen molar-refractivity contribution in [1.29, 1.82) is 0 Å². The van der Waals surface area contributed by atoms with E-state index >= 15 is 0 Å². The minimum Gasteiger partial charge on any atom is -0.507 e. The number of pyridine rings is 1. The molecule has 0 radical (unpaired) electrons. The molecule has 2 N–H and O–H groups in total. The summed E-state index contributed by atoms with van der Waals surface area (Å²) in [5.74, 6) is -2.91. The average Bonchev–Trinajstić information content (AvgIpc) is 2.96. The summed E-state index contributed by atoms with van der Waals surface area (Å²) in [7, 11) is 1.52. The van der Waals surface area contributed by atoms with E-state index in [0.717, 1.165) is 10.8 Å². The highest BCUT2D eigenvalue weighted by Gasteiger charge is 2.64. The topological polar surface area (TPSA) is 93.1 Å². The van der Waals surface area contributed by atoms with Crippen LogP contribution in [0.5, 0.6) is 5.75 Å². The number of methoxy groups -OCH3 is 1. The second kappa shape index (κ2) is 7.25.